The molecular formula is C27H37N3O2. The predicted octanol–water partition coefficient (Wildman–Crippen LogP) is 4.55. The lowest BCUT2D eigenvalue weighted by Gasteiger charge is -2.23. The van der Waals surface area contributed by atoms with Gasteiger partial charge in [0, 0.05) is 23.7 Å². The molecule has 5 heteroatoms. The number of piperidine rings is 1. The number of nitrogens with one attached hydrogen (secondary N) is 3. The lowest BCUT2D eigenvalue weighted by atomic mass is 9.96. The van der Waals surface area contributed by atoms with Gasteiger partial charge in [-0.25, -0.2) is 0 Å². The van der Waals surface area contributed by atoms with E-state index in [1.54, 1.807) is 0 Å². The van der Waals surface area contributed by atoms with Gasteiger partial charge >= 0.3 is 0 Å². The topological polar surface area (TPSA) is 62.4 Å². The summed E-state index contributed by atoms with van der Waals surface area (Å²) >= 11 is 0. The summed E-state index contributed by atoms with van der Waals surface area (Å²) in [7, 11) is 0. The highest BCUT2D eigenvalue weighted by atomic mass is 16.5. The van der Waals surface area contributed by atoms with Crippen LogP contribution in [0, 0.1) is 0 Å². The Morgan fingerprint density at radius 3 is 2.59 bits per heavy atom. The van der Waals surface area contributed by atoms with E-state index >= 15 is 0 Å². The Bertz CT molecular complexity index is 877. The van der Waals surface area contributed by atoms with Crippen molar-refractivity contribution in [2.75, 3.05) is 19.7 Å². The molecule has 0 bridgehead atoms. The van der Waals surface area contributed by atoms with Crippen LogP contribution < -0.4 is 20.7 Å². The molecule has 172 valence electrons. The molecule has 5 nitrogen and oxygen atoms in total. The van der Waals surface area contributed by atoms with Crippen LogP contribution in [0.15, 0.2) is 48.5 Å². The fraction of sp³-hybridized carbons (Fsp3) is 0.519. The molecule has 1 aliphatic heterocycles. The fourth-order valence-corrected chi connectivity index (χ4v) is 5.07. The summed E-state index contributed by atoms with van der Waals surface area (Å²) in [5, 5.41) is 10.3. The van der Waals surface area contributed by atoms with Crippen LogP contribution >= 0.6 is 0 Å². The molecule has 4 rings (SSSR count). The zero-order chi connectivity index (χ0) is 22.3. The number of carbonyl (C=O) groups is 1. The van der Waals surface area contributed by atoms with Crippen molar-refractivity contribution in [3.8, 4) is 5.75 Å². The van der Waals surface area contributed by atoms with Gasteiger partial charge in [0.15, 0.2) is 0 Å². The molecule has 0 radical (unpaired) electrons. The zero-order valence-electron chi connectivity index (χ0n) is 19.4. The quantitative estimate of drug-likeness (QED) is 0.569. The van der Waals surface area contributed by atoms with Crippen molar-refractivity contribution in [3.63, 3.8) is 0 Å². The fourth-order valence-electron chi connectivity index (χ4n) is 5.07. The van der Waals surface area contributed by atoms with E-state index in [1.807, 2.05) is 25.1 Å². The highest BCUT2D eigenvalue weighted by Crippen LogP contribution is 2.35. The molecule has 1 aliphatic carbocycles. The maximum absolute atomic E-state index is 12.6. The van der Waals surface area contributed by atoms with Crippen LogP contribution in [-0.4, -0.2) is 37.7 Å². The summed E-state index contributed by atoms with van der Waals surface area (Å²) in [6.45, 7) is 6.90. The Balaban J connectivity index is 1.29. The van der Waals surface area contributed by atoms with Crippen molar-refractivity contribution in [2.45, 2.75) is 70.0 Å². The summed E-state index contributed by atoms with van der Waals surface area (Å²) in [5.74, 6) is 1.54. The Kier molecular flexibility index (Phi) is 7.82. The molecule has 1 saturated carbocycles. The molecule has 0 aromatic heterocycles. The smallest absolute Gasteiger partial charge is 0.251 e. The van der Waals surface area contributed by atoms with Gasteiger partial charge in [0.2, 0.25) is 0 Å². The third kappa shape index (κ3) is 5.90. The Morgan fingerprint density at radius 2 is 1.84 bits per heavy atom. The van der Waals surface area contributed by atoms with Gasteiger partial charge in [0.05, 0.1) is 6.61 Å². The Morgan fingerprint density at radius 1 is 1.06 bits per heavy atom. The van der Waals surface area contributed by atoms with E-state index in [2.05, 4.69) is 53.2 Å². The molecule has 3 N–H and O–H groups in total. The van der Waals surface area contributed by atoms with Crippen molar-refractivity contribution in [2.24, 2.45) is 0 Å². The maximum atomic E-state index is 12.6. The van der Waals surface area contributed by atoms with Gasteiger partial charge in [0.1, 0.15) is 5.75 Å². The SMILES string of the molecule is CCOc1cccc([C@@H](C)NC2CC[C@H](c3ccc(C(=O)NC4CCNCC4)cc3)C2)c1. The average Bonchev–Trinajstić information content (AvgIpc) is 3.29. The van der Waals surface area contributed by atoms with Crippen molar-refractivity contribution in [1.29, 1.82) is 0 Å². The number of carbonyl (C=O) groups excluding carboxylic acids is 1. The highest BCUT2D eigenvalue weighted by Gasteiger charge is 2.27. The van der Waals surface area contributed by atoms with E-state index in [4.69, 9.17) is 4.74 Å². The first-order valence-electron chi connectivity index (χ1n) is 12.2. The van der Waals surface area contributed by atoms with Crippen molar-refractivity contribution in [3.05, 3.63) is 65.2 Å². The van der Waals surface area contributed by atoms with Crippen LogP contribution in [-0.2, 0) is 0 Å². The van der Waals surface area contributed by atoms with E-state index in [9.17, 15) is 4.79 Å². The predicted molar refractivity (Wildman–Crippen MR) is 129 cm³/mol. The third-order valence-electron chi connectivity index (χ3n) is 6.91. The zero-order valence-corrected chi connectivity index (χ0v) is 19.4. The lowest BCUT2D eigenvalue weighted by Crippen LogP contribution is -2.42. The van der Waals surface area contributed by atoms with Crippen molar-refractivity contribution in [1.82, 2.24) is 16.0 Å². The number of rotatable bonds is 8. The number of benzene rings is 2. The lowest BCUT2D eigenvalue weighted by molar-refractivity contribution is 0.0929. The molecule has 2 aromatic rings. The summed E-state index contributed by atoms with van der Waals surface area (Å²) in [6.07, 6.45) is 5.52. The van der Waals surface area contributed by atoms with Crippen LogP contribution in [0.2, 0.25) is 0 Å². The number of hydrogen-bond acceptors (Lipinski definition) is 4. The summed E-state index contributed by atoms with van der Waals surface area (Å²) in [4.78, 5) is 12.6. The molecular weight excluding hydrogens is 398 g/mol. The summed E-state index contributed by atoms with van der Waals surface area (Å²) in [5.41, 5.74) is 3.38. The van der Waals surface area contributed by atoms with E-state index in [-0.39, 0.29) is 5.91 Å². The summed E-state index contributed by atoms with van der Waals surface area (Å²) in [6, 6.07) is 17.8. The van der Waals surface area contributed by atoms with Crippen LogP contribution in [0.4, 0.5) is 0 Å². The molecule has 3 atom stereocenters. The first kappa shape index (κ1) is 22.8. The molecule has 1 amide bonds. The van der Waals surface area contributed by atoms with E-state index in [1.165, 1.54) is 24.0 Å². The van der Waals surface area contributed by atoms with E-state index in [0.717, 1.165) is 43.7 Å². The first-order chi connectivity index (χ1) is 15.6. The Labute approximate surface area is 192 Å². The van der Waals surface area contributed by atoms with Crippen LogP contribution in [0.3, 0.4) is 0 Å². The minimum atomic E-state index is 0.0533. The largest absolute Gasteiger partial charge is 0.494 e. The van der Waals surface area contributed by atoms with Gasteiger partial charge in [-0.2, -0.15) is 0 Å². The average molecular weight is 436 g/mol. The van der Waals surface area contributed by atoms with Crippen LogP contribution in [0.25, 0.3) is 0 Å². The third-order valence-corrected chi connectivity index (χ3v) is 6.91. The van der Waals surface area contributed by atoms with Gasteiger partial charge in [0.25, 0.3) is 5.91 Å². The number of amides is 1. The second kappa shape index (κ2) is 11.0. The molecule has 1 saturated heterocycles. The van der Waals surface area contributed by atoms with E-state index in [0.29, 0.717) is 30.7 Å². The molecule has 32 heavy (non-hydrogen) atoms. The molecule has 2 aromatic carbocycles. The summed E-state index contributed by atoms with van der Waals surface area (Å²) < 4.78 is 5.65. The van der Waals surface area contributed by atoms with Crippen LogP contribution in [0.1, 0.15) is 79.4 Å². The normalized spacial score (nSPS) is 22.4. The van der Waals surface area contributed by atoms with Crippen molar-refractivity contribution < 1.29 is 9.53 Å². The molecule has 1 unspecified atom stereocenters. The van der Waals surface area contributed by atoms with Gasteiger partial charge in [-0.3, -0.25) is 4.79 Å². The van der Waals surface area contributed by atoms with Crippen LogP contribution in [0.5, 0.6) is 5.75 Å². The highest BCUT2D eigenvalue weighted by molar-refractivity contribution is 5.94. The first-order valence-corrected chi connectivity index (χ1v) is 12.2. The van der Waals surface area contributed by atoms with Gasteiger partial charge in [-0.05, 0) is 100 Å². The molecule has 1 heterocycles. The Hall–Kier alpha value is -2.37. The minimum absolute atomic E-state index is 0.0533. The van der Waals surface area contributed by atoms with Gasteiger partial charge in [-0.15, -0.1) is 0 Å². The number of ether oxygens (including phenoxy) is 1. The molecule has 2 aliphatic rings. The van der Waals surface area contributed by atoms with Gasteiger partial charge < -0.3 is 20.7 Å². The monoisotopic (exact) mass is 435 g/mol. The standard InChI is InChI=1S/C27H37N3O2/c1-3-32-26-6-4-5-22(18-26)19(2)29-25-12-11-23(17-25)20-7-9-21(10-8-20)27(31)30-24-13-15-28-16-14-24/h4-10,18-19,23-25,28-29H,3,11-17H2,1-2H3,(H,30,31)/t19-,23+,25?/m1/s1. The molecule has 0 spiro atoms. The van der Waals surface area contributed by atoms with E-state index < -0.39 is 0 Å². The second-order valence-electron chi connectivity index (χ2n) is 9.22. The second-order valence-corrected chi connectivity index (χ2v) is 9.22. The van der Waals surface area contributed by atoms with Crippen molar-refractivity contribution >= 4 is 5.91 Å². The molecule has 2 fully saturated rings. The number of hydrogen-bond donors (Lipinski definition) is 3. The minimum Gasteiger partial charge on any atom is -0.494 e. The van der Waals surface area contributed by atoms with Gasteiger partial charge in [-0.1, -0.05) is 24.3 Å². The maximum Gasteiger partial charge on any atom is 0.251 e.